The lowest BCUT2D eigenvalue weighted by Crippen LogP contribution is -2.42. The number of aromatic nitrogens is 3. The first-order valence-electron chi connectivity index (χ1n) is 8.66. The molecule has 0 saturated carbocycles. The Morgan fingerprint density at radius 2 is 1.86 bits per heavy atom. The van der Waals surface area contributed by atoms with Gasteiger partial charge in [-0.3, -0.25) is 14.2 Å². The van der Waals surface area contributed by atoms with Crippen LogP contribution in [0.3, 0.4) is 0 Å². The van der Waals surface area contributed by atoms with E-state index in [4.69, 9.17) is 0 Å². The monoisotopic (exact) mass is 398 g/mol. The van der Waals surface area contributed by atoms with Gasteiger partial charge in [-0.25, -0.2) is 4.39 Å². The Kier molecular flexibility index (Phi) is 6.54. The summed E-state index contributed by atoms with van der Waals surface area (Å²) in [6.45, 7) is 1.45. The molecule has 0 aliphatic carbocycles. The molecule has 3 aromatic rings. The molecule has 1 atom stereocenters. The number of amides is 1. The van der Waals surface area contributed by atoms with Gasteiger partial charge in [-0.1, -0.05) is 54.2 Å². The summed E-state index contributed by atoms with van der Waals surface area (Å²) in [6, 6.07) is 15.2. The van der Waals surface area contributed by atoms with Crippen molar-refractivity contribution in [1.82, 2.24) is 20.1 Å². The van der Waals surface area contributed by atoms with E-state index in [0.717, 1.165) is 17.3 Å². The van der Waals surface area contributed by atoms with Gasteiger partial charge in [0.2, 0.25) is 5.91 Å². The van der Waals surface area contributed by atoms with Gasteiger partial charge in [-0.05, 0) is 31.0 Å². The molecule has 0 fully saturated rings. The van der Waals surface area contributed by atoms with Gasteiger partial charge in [-0.2, -0.15) is 0 Å². The first-order valence-corrected chi connectivity index (χ1v) is 9.64. The van der Waals surface area contributed by atoms with Crippen LogP contribution < -0.4 is 5.32 Å². The van der Waals surface area contributed by atoms with Crippen LogP contribution in [0.15, 0.2) is 66.1 Å². The summed E-state index contributed by atoms with van der Waals surface area (Å²) in [7, 11) is 0. The molecule has 1 N–H and O–H groups in total. The van der Waals surface area contributed by atoms with Gasteiger partial charge in [0.25, 0.3) is 0 Å². The SMILES string of the molecule is CC(=O)[C@H](Cc1ccccc1)NC(=O)CSc1nncn1-c1ccccc1F. The van der Waals surface area contributed by atoms with Crippen LogP contribution in [-0.2, 0) is 16.0 Å². The number of thioether (sulfide) groups is 1. The van der Waals surface area contributed by atoms with Gasteiger partial charge in [0.15, 0.2) is 10.9 Å². The summed E-state index contributed by atoms with van der Waals surface area (Å²) in [5.41, 5.74) is 1.27. The summed E-state index contributed by atoms with van der Waals surface area (Å²) >= 11 is 1.12. The summed E-state index contributed by atoms with van der Waals surface area (Å²) in [5.74, 6) is -0.792. The standard InChI is InChI=1S/C20H19FN4O2S/c1-14(26)17(11-15-7-3-2-4-8-15)23-19(27)12-28-20-24-22-13-25(20)18-10-6-5-9-16(18)21/h2-10,13,17H,11-12H2,1H3,(H,23,27)/t17-/m0/s1. The highest BCUT2D eigenvalue weighted by atomic mass is 32.2. The van der Waals surface area contributed by atoms with Crippen LogP contribution in [0.2, 0.25) is 0 Å². The average molecular weight is 398 g/mol. The van der Waals surface area contributed by atoms with E-state index in [2.05, 4.69) is 15.5 Å². The van der Waals surface area contributed by atoms with Crippen molar-refractivity contribution in [1.29, 1.82) is 0 Å². The van der Waals surface area contributed by atoms with Crippen LogP contribution in [0.5, 0.6) is 0 Å². The van der Waals surface area contributed by atoms with Gasteiger partial charge in [0.05, 0.1) is 17.5 Å². The Morgan fingerprint density at radius 3 is 2.57 bits per heavy atom. The molecule has 0 bridgehead atoms. The zero-order valence-electron chi connectivity index (χ0n) is 15.2. The highest BCUT2D eigenvalue weighted by Crippen LogP contribution is 2.21. The Morgan fingerprint density at radius 1 is 1.14 bits per heavy atom. The maximum absolute atomic E-state index is 14.0. The number of ketones is 1. The molecule has 1 aromatic heterocycles. The maximum Gasteiger partial charge on any atom is 0.231 e. The minimum Gasteiger partial charge on any atom is -0.345 e. The molecule has 1 heterocycles. The van der Waals surface area contributed by atoms with E-state index in [1.807, 2.05) is 30.3 Å². The summed E-state index contributed by atoms with van der Waals surface area (Å²) in [4.78, 5) is 24.2. The molecule has 0 aliphatic heterocycles. The van der Waals surface area contributed by atoms with E-state index >= 15 is 0 Å². The Hall–Kier alpha value is -3.00. The Balaban J connectivity index is 1.62. The van der Waals surface area contributed by atoms with Crippen molar-refractivity contribution in [2.24, 2.45) is 0 Å². The fourth-order valence-corrected chi connectivity index (χ4v) is 3.38. The summed E-state index contributed by atoms with van der Waals surface area (Å²) in [6.07, 6.45) is 1.82. The molecule has 0 aliphatic rings. The van der Waals surface area contributed by atoms with E-state index in [1.54, 1.807) is 18.2 Å². The van der Waals surface area contributed by atoms with Crippen LogP contribution in [0.1, 0.15) is 12.5 Å². The third-order valence-electron chi connectivity index (χ3n) is 4.07. The summed E-state index contributed by atoms with van der Waals surface area (Å²) in [5, 5.41) is 10.9. The van der Waals surface area contributed by atoms with E-state index in [0.29, 0.717) is 17.3 Å². The first-order chi connectivity index (χ1) is 13.5. The molecule has 28 heavy (non-hydrogen) atoms. The minimum atomic E-state index is -0.597. The number of para-hydroxylation sites is 1. The number of halogens is 1. The largest absolute Gasteiger partial charge is 0.345 e. The van der Waals surface area contributed by atoms with Crippen LogP contribution in [0.4, 0.5) is 4.39 Å². The molecule has 0 saturated heterocycles. The molecule has 144 valence electrons. The Bertz CT molecular complexity index is 962. The normalized spacial score (nSPS) is 11.8. The van der Waals surface area contributed by atoms with Crippen LogP contribution in [-0.4, -0.2) is 38.2 Å². The molecular formula is C20H19FN4O2S. The number of carbonyl (C=O) groups excluding carboxylic acids is 2. The highest BCUT2D eigenvalue weighted by Gasteiger charge is 2.19. The quantitative estimate of drug-likeness (QED) is 0.591. The molecule has 1 amide bonds. The zero-order valence-corrected chi connectivity index (χ0v) is 16.0. The summed E-state index contributed by atoms with van der Waals surface area (Å²) < 4.78 is 15.5. The average Bonchev–Trinajstić information content (AvgIpc) is 3.15. The van der Waals surface area contributed by atoms with Crippen LogP contribution in [0, 0.1) is 5.82 Å². The van der Waals surface area contributed by atoms with Crippen LogP contribution >= 0.6 is 11.8 Å². The lowest BCUT2D eigenvalue weighted by molar-refractivity contribution is -0.125. The molecule has 0 unspecified atom stereocenters. The van der Waals surface area contributed by atoms with E-state index in [9.17, 15) is 14.0 Å². The number of Topliss-reactive ketones (excluding diaryl/α,β-unsaturated/α-hetero) is 1. The van der Waals surface area contributed by atoms with Gasteiger partial charge in [-0.15, -0.1) is 10.2 Å². The van der Waals surface area contributed by atoms with Crippen molar-refractivity contribution in [3.63, 3.8) is 0 Å². The molecule has 2 aromatic carbocycles. The van der Waals surface area contributed by atoms with E-state index in [-0.39, 0.29) is 17.4 Å². The van der Waals surface area contributed by atoms with Gasteiger partial charge in [0.1, 0.15) is 12.1 Å². The third-order valence-corrected chi connectivity index (χ3v) is 5.01. The number of hydrogen-bond acceptors (Lipinski definition) is 5. The lowest BCUT2D eigenvalue weighted by atomic mass is 10.0. The molecule has 0 spiro atoms. The minimum absolute atomic E-state index is 0.0334. The van der Waals surface area contributed by atoms with Crippen molar-refractivity contribution in [2.75, 3.05) is 5.75 Å². The predicted octanol–water partition coefficient (Wildman–Crippen LogP) is 2.82. The molecule has 8 heteroatoms. The second-order valence-corrected chi connectivity index (χ2v) is 7.09. The van der Waals surface area contributed by atoms with Gasteiger partial charge in [0, 0.05) is 0 Å². The van der Waals surface area contributed by atoms with Crippen molar-refractivity contribution >= 4 is 23.5 Å². The van der Waals surface area contributed by atoms with Crippen molar-refractivity contribution in [2.45, 2.75) is 24.5 Å². The first kappa shape index (κ1) is 19.8. The lowest BCUT2D eigenvalue weighted by Gasteiger charge is -2.16. The molecule has 6 nitrogen and oxygen atoms in total. The number of rotatable bonds is 8. The fraction of sp³-hybridized carbons (Fsp3) is 0.200. The number of hydrogen-bond donors (Lipinski definition) is 1. The molecule has 0 radical (unpaired) electrons. The fourth-order valence-electron chi connectivity index (χ4n) is 2.65. The molecule has 3 rings (SSSR count). The predicted molar refractivity (Wildman–Crippen MR) is 105 cm³/mol. The number of carbonyl (C=O) groups is 2. The molecular weight excluding hydrogens is 379 g/mol. The zero-order chi connectivity index (χ0) is 19.9. The highest BCUT2D eigenvalue weighted by molar-refractivity contribution is 7.99. The topological polar surface area (TPSA) is 76.9 Å². The second kappa shape index (κ2) is 9.27. The number of nitrogens with one attached hydrogen (secondary N) is 1. The van der Waals surface area contributed by atoms with Crippen molar-refractivity contribution in [3.8, 4) is 5.69 Å². The van der Waals surface area contributed by atoms with Crippen molar-refractivity contribution < 1.29 is 14.0 Å². The smallest absolute Gasteiger partial charge is 0.231 e. The number of benzene rings is 2. The number of nitrogens with zero attached hydrogens (tertiary/aromatic N) is 3. The van der Waals surface area contributed by atoms with E-state index < -0.39 is 11.9 Å². The van der Waals surface area contributed by atoms with E-state index in [1.165, 1.54) is 23.9 Å². The third kappa shape index (κ3) is 5.04. The van der Waals surface area contributed by atoms with Gasteiger partial charge >= 0.3 is 0 Å². The Labute approximate surface area is 166 Å². The second-order valence-electron chi connectivity index (χ2n) is 6.14. The van der Waals surface area contributed by atoms with Crippen LogP contribution in [0.25, 0.3) is 5.69 Å². The van der Waals surface area contributed by atoms with Gasteiger partial charge < -0.3 is 5.32 Å². The van der Waals surface area contributed by atoms with Crippen molar-refractivity contribution in [3.05, 3.63) is 72.3 Å². The maximum atomic E-state index is 14.0.